The topological polar surface area (TPSA) is 45.2 Å². The molecule has 0 bridgehead atoms. The number of piperidine rings is 1. The number of aryl methyl sites for hydroxylation is 2. The molecule has 1 atom stereocenters. The summed E-state index contributed by atoms with van der Waals surface area (Å²) < 4.78 is 0. The summed E-state index contributed by atoms with van der Waals surface area (Å²) in [5.74, 6) is 0.809. The maximum Gasteiger partial charge on any atom is 0.263 e. The summed E-state index contributed by atoms with van der Waals surface area (Å²) in [7, 11) is 0. The summed E-state index contributed by atoms with van der Waals surface area (Å²) in [6, 6.07) is 0. The SMILES string of the molecule is Cc1nc(C)c(C(=O)NCCN2CCC[C@@H](C)C2)s1. The number of thiazole rings is 1. The normalized spacial score (nSPS) is 20.5. The average molecular weight is 281 g/mol. The van der Waals surface area contributed by atoms with Crippen LogP contribution in [0.2, 0.25) is 0 Å². The van der Waals surface area contributed by atoms with Gasteiger partial charge in [-0.25, -0.2) is 4.98 Å². The molecule has 0 saturated carbocycles. The maximum absolute atomic E-state index is 12.0. The molecule has 1 aliphatic heterocycles. The highest BCUT2D eigenvalue weighted by atomic mass is 32.1. The van der Waals surface area contributed by atoms with E-state index in [1.54, 1.807) is 0 Å². The molecule has 1 amide bonds. The zero-order chi connectivity index (χ0) is 13.8. The Morgan fingerprint density at radius 3 is 2.95 bits per heavy atom. The number of nitrogens with one attached hydrogen (secondary N) is 1. The minimum Gasteiger partial charge on any atom is -0.350 e. The number of aromatic nitrogens is 1. The maximum atomic E-state index is 12.0. The Labute approximate surface area is 119 Å². The van der Waals surface area contributed by atoms with Crippen molar-refractivity contribution >= 4 is 17.2 Å². The molecule has 4 nitrogen and oxygen atoms in total. The Hall–Kier alpha value is -0.940. The highest BCUT2D eigenvalue weighted by Gasteiger charge is 2.17. The van der Waals surface area contributed by atoms with Gasteiger partial charge in [0.1, 0.15) is 4.88 Å². The van der Waals surface area contributed by atoms with Crippen molar-refractivity contribution in [3.63, 3.8) is 0 Å². The Morgan fingerprint density at radius 2 is 2.32 bits per heavy atom. The fraction of sp³-hybridized carbons (Fsp3) is 0.714. The van der Waals surface area contributed by atoms with Crippen LogP contribution in [0, 0.1) is 19.8 Å². The summed E-state index contributed by atoms with van der Waals surface area (Å²) >= 11 is 1.47. The number of nitrogens with zero attached hydrogens (tertiary/aromatic N) is 2. The van der Waals surface area contributed by atoms with E-state index in [9.17, 15) is 4.79 Å². The standard InChI is InChI=1S/C14H23N3OS/c1-10-5-4-7-17(9-10)8-6-15-14(18)13-11(2)16-12(3)19-13/h10H,4-9H2,1-3H3,(H,15,18)/t10-/m1/s1. The summed E-state index contributed by atoms with van der Waals surface area (Å²) in [5.41, 5.74) is 0.839. The molecule has 1 aromatic heterocycles. The molecular formula is C14H23N3OS. The quantitative estimate of drug-likeness (QED) is 0.920. The lowest BCUT2D eigenvalue weighted by atomic mass is 10.0. The van der Waals surface area contributed by atoms with Crippen molar-refractivity contribution in [3.05, 3.63) is 15.6 Å². The fourth-order valence-corrected chi connectivity index (χ4v) is 3.48. The van der Waals surface area contributed by atoms with Crippen LogP contribution in [0.5, 0.6) is 0 Å². The predicted octanol–water partition coefficient (Wildman–Crippen LogP) is 2.22. The molecule has 5 heteroatoms. The van der Waals surface area contributed by atoms with Crippen LogP contribution in [0.1, 0.15) is 40.1 Å². The van der Waals surface area contributed by atoms with Crippen molar-refractivity contribution in [2.75, 3.05) is 26.2 Å². The Kier molecular flexibility index (Phi) is 4.93. The molecule has 0 radical (unpaired) electrons. The van der Waals surface area contributed by atoms with Crippen molar-refractivity contribution in [2.24, 2.45) is 5.92 Å². The number of carbonyl (C=O) groups excluding carboxylic acids is 1. The van der Waals surface area contributed by atoms with Crippen molar-refractivity contribution in [1.82, 2.24) is 15.2 Å². The first-order valence-electron chi connectivity index (χ1n) is 7.01. The number of hydrogen-bond donors (Lipinski definition) is 1. The third-order valence-electron chi connectivity index (χ3n) is 3.56. The average Bonchev–Trinajstić information content (AvgIpc) is 2.68. The second-order valence-electron chi connectivity index (χ2n) is 5.45. The molecule has 0 aromatic carbocycles. The molecule has 1 aliphatic rings. The van der Waals surface area contributed by atoms with Crippen LogP contribution >= 0.6 is 11.3 Å². The second kappa shape index (κ2) is 6.48. The second-order valence-corrected chi connectivity index (χ2v) is 6.65. The largest absolute Gasteiger partial charge is 0.350 e. The number of hydrogen-bond acceptors (Lipinski definition) is 4. The third kappa shape index (κ3) is 4.01. The van der Waals surface area contributed by atoms with Gasteiger partial charge in [-0.05, 0) is 39.2 Å². The van der Waals surface area contributed by atoms with Gasteiger partial charge in [0.05, 0.1) is 10.7 Å². The number of amides is 1. The molecule has 1 saturated heterocycles. The number of likely N-dealkylation sites (tertiary alicyclic amines) is 1. The molecule has 0 unspecified atom stereocenters. The predicted molar refractivity (Wildman–Crippen MR) is 78.8 cm³/mol. The lowest BCUT2D eigenvalue weighted by Gasteiger charge is -2.30. The monoisotopic (exact) mass is 281 g/mol. The minimum absolute atomic E-state index is 0.0214. The van der Waals surface area contributed by atoms with Crippen LogP contribution in [0.25, 0.3) is 0 Å². The van der Waals surface area contributed by atoms with E-state index in [4.69, 9.17) is 0 Å². The summed E-state index contributed by atoms with van der Waals surface area (Å²) in [6.07, 6.45) is 2.62. The van der Waals surface area contributed by atoms with E-state index in [1.165, 1.54) is 30.7 Å². The summed E-state index contributed by atoms with van der Waals surface area (Å²) in [4.78, 5) is 19.5. The van der Waals surface area contributed by atoms with Gasteiger partial charge in [-0.15, -0.1) is 11.3 Å². The van der Waals surface area contributed by atoms with Crippen LogP contribution in [-0.2, 0) is 0 Å². The van der Waals surface area contributed by atoms with Crippen LogP contribution < -0.4 is 5.32 Å². The van der Waals surface area contributed by atoms with Gasteiger partial charge in [0, 0.05) is 19.6 Å². The molecule has 1 aromatic rings. The zero-order valence-corrected chi connectivity index (χ0v) is 12.8. The fourth-order valence-electron chi connectivity index (χ4n) is 2.64. The third-order valence-corrected chi connectivity index (χ3v) is 4.64. The van der Waals surface area contributed by atoms with Gasteiger partial charge in [0.15, 0.2) is 0 Å². The van der Waals surface area contributed by atoms with Crippen molar-refractivity contribution in [2.45, 2.75) is 33.6 Å². The summed E-state index contributed by atoms with van der Waals surface area (Å²) in [5, 5.41) is 3.96. The first-order chi connectivity index (χ1) is 9.06. The van der Waals surface area contributed by atoms with Gasteiger partial charge < -0.3 is 10.2 Å². The lowest BCUT2D eigenvalue weighted by Crippen LogP contribution is -2.40. The Bertz CT molecular complexity index is 444. The van der Waals surface area contributed by atoms with Crippen molar-refractivity contribution < 1.29 is 4.79 Å². The number of carbonyl (C=O) groups is 1. The van der Waals surface area contributed by atoms with E-state index >= 15 is 0 Å². The lowest BCUT2D eigenvalue weighted by molar-refractivity contribution is 0.0947. The van der Waals surface area contributed by atoms with Gasteiger partial charge in [0.2, 0.25) is 0 Å². The molecule has 0 aliphatic carbocycles. The zero-order valence-electron chi connectivity index (χ0n) is 12.0. The van der Waals surface area contributed by atoms with Gasteiger partial charge in [-0.3, -0.25) is 4.79 Å². The van der Waals surface area contributed by atoms with E-state index < -0.39 is 0 Å². The Morgan fingerprint density at radius 1 is 1.53 bits per heavy atom. The first kappa shape index (κ1) is 14.5. The van der Waals surface area contributed by atoms with E-state index in [-0.39, 0.29) is 5.91 Å². The molecule has 1 fully saturated rings. The van der Waals surface area contributed by atoms with E-state index in [2.05, 4.69) is 22.1 Å². The molecule has 1 N–H and O–H groups in total. The van der Waals surface area contributed by atoms with E-state index in [0.717, 1.165) is 41.1 Å². The van der Waals surface area contributed by atoms with Crippen molar-refractivity contribution in [3.8, 4) is 0 Å². The molecule has 0 spiro atoms. The van der Waals surface area contributed by atoms with Crippen LogP contribution in [0.3, 0.4) is 0 Å². The number of rotatable bonds is 4. The van der Waals surface area contributed by atoms with E-state index in [0.29, 0.717) is 0 Å². The van der Waals surface area contributed by atoms with Gasteiger partial charge in [-0.2, -0.15) is 0 Å². The van der Waals surface area contributed by atoms with E-state index in [1.807, 2.05) is 13.8 Å². The Balaban J connectivity index is 1.76. The molecule has 2 rings (SSSR count). The first-order valence-corrected chi connectivity index (χ1v) is 7.82. The smallest absolute Gasteiger partial charge is 0.263 e. The van der Waals surface area contributed by atoms with Crippen LogP contribution in [-0.4, -0.2) is 42.0 Å². The molecule has 2 heterocycles. The van der Waals surface area contributed by atoms with Gasteiger partial charge in [0.25, 0.3) is 5.91 Å². The van der Waals surface area contributed by atoms with Gasteiger partial charge in [-0.1, -0.05) is 6.92 Å². The van der Waals surface area contributed by atoms with Crippen molar-refractivity contribution in [1.29, 1.82) is 0 Å². The highest BCUT2D eigenvalue weighted by Crippen LogP contribution is 2.17. The van der Waals surface area contributed by atoms with Crippen LogP contribution in [0.15, 0.2) is 0 Å². The molecular weight excluding hydrogens is 258 g/mol. The van der Waals surface area contributed by atoms with Crippen LogP contribution in [0.4, 0.5) is 0 Å². The minimum atomic E-state index is 0.0214. The molecule has 19 heavy (non-hydrogen) atoms. The highest BCUT2D eigenvalue weighted by molar-refractivity contribution is 7.13. The molecule has 106 valence electrons. The summed E-state index contributed by atoms with van der Waals surface area (Å²) in [6.45, 7) is 10.1. The van der Waals surface area contributed by atoms with Gasteiger partial charge >= 0.3 is 0 Å².